The van der Waals surface area contributed by atoms with Crippen LogP contribution in [0, 0.1) is 0 Å². The number of carbonyl (C=O) groups excluding carboxylic acids is 1. The largest absolute Gasteiger partial charge is 0.339 e. The first-order valence-electron chi connectivity index (χ1n) is 7.22. The molecule has 0 N–H and O–H groups in total. The fourth-order valence-corrected chi connectivity index (χ4v) is 2.51. The first-order chi connectivity index (χ1) is 9.76. The summed E-state index contributed by atoms with van der Waals surface area (Å²) in [6.07, 6.45) is 4.69. The molecule has 1 aliphatic carbocycles. The van der Waals surface area contributed by atoms with Crippen molar-refractivity contribution in [1.29, 1.82) is 0 Å². The monoisotopic (exact) mass is 276 g/mol. The van der Waals surface area contributed by atoms with E-state index in [4.69, 9.17) is 4.52 Å². The first-order valence-corrected chi connectivity index (χ1v) is 7.22. The van der Waals surface area contributed by atoms with Crippen LogP contribution in [0.2, 0.25) is 0 Å². The van der Waals surface area contributed by atoms with Crippen molar-refractivity contribution >= 4 is 5.91 Å². The number of aromatic nitrogens is 2. The van der Waals surface area contributed by atoms with Gasteiger partial charge in [0.05, 0.1) is 6.54 Å². The highest BCUT2D eigenvalue weighted by atomic mass is 16.5. The fraction of sp³-hybridized carbons (Fsp3) is 0.643. The summed E-state index contributed by atoms with van der Waals surface area (Å²) in [6, 6.07) is 0. The third-order valence-corrected chi connectivity index (χ3v) is 3.85. The van der Waals surface area contributed by atoms with Crippen molar-refractivity contribution in [3.8, 4) is 0 Å². The van der Waals surface area contributed by atoms with Crippen LogP contribution in [0.25, 0.3) is 0 Å². The lowest BCUT2D eigenvalue weighted by Gasteiger charge is -2.19. The highest BCUT2D eigenvalue weighted by Crippen LogP contribution is 2.38. The van der Waals surface area contributed by atoms with E-state index in [0.29, 0.717) is 12.5 Å². The summed E-state index contributed by atoms with van der Waals surface area (Å²) in [5, 5.41) is 4.05. The van der Waals surface area contributed by atoms with Gasteiger partial charge in [-0.3, -0.25) is 9.69 Å². The number of hydrogen-bond acceptors (Lipinski definition) is 5. The predicted molar refractivity (Wildman–Crippen MR) is 72.9 cm³/mol. The van der Waals surface area contributed by atoms with Gasteiger partial charge in [-0.05, 0) is 25.3 Å². The maximum absolute atomic E-state index is 11.6. The van der Waals surface area contributed by atoms with Crippen LogP contribution in [0.15, 0.2) is 17.2 Å². The molecule has 6 heteroatoms. The van der Waals surface area contributed by atoms with Crippen molar-refractivity contribution in [3.63, 3.8) is 0 Å². The Labute approximate surface area is 118 Å². The molecule has 0 bridgehead atoms. The highest BCUT2D eigenvalue weighted by Gasteiger charge is 2.30. The Morgan fingerprint density at radius 2 is 2.20 bits per heavy atom. The number of amides is 1. The number of hydrogen-bond donors (Lipinski definition) is 0. The average Bonchev–Trinajstić information content (AvgIpc) is 3.24. The summed E-state index contributed by atoms with van der Waals surface area (Å²) in [6.45, 7) is 7.56. The van der Waals surface area contributed by atoms with Gasteiger partial charge in [0.25, 0.3) is 0 Å². The third kappa shape index (κ3) is 3.07. The molecule has 20 heavy (non-hydrogen) atoms. The van der Waals surface area contributed by atoms with Crippen LogP contribution in [0.5, 0.6) is 0 Å². The fourth-order valence-electron chi connectivity index (χ4n) is 2.51. The summed E-state index contributed by atoms with van der Waals surface area (Å²) in [5.74, 6) is 2.07. The Kier molecular flexibility index (Phi) is 3.82. The molecule has 1 aromatic heterocycles. The molecule has 0 unspecified atom stereocenters. The van der Waals surface area contributed by atoms with E-state index in [2.05, 4.69) is 21.6 Å². The number of nitrogens with zero attached hydrogens (tertiary/aromatic N) is 4. The molecule has 0 radical (unpaired) electrons. The molecule has 6 nitrogen and oxygen atoms in total. The van der Waals surface area contributed by atoms with Crippen LogP contribution in [-0.2, 0) is 11.3 Å². The topological polar surface area (TPSA) is 62.5 Å². The normalized spacial score (nSPS) is 20.7. The van der Waals surface area contributed by atoms with Crippen molar-refractivity contribution in [2.24, 2.45) is 0 Å². The van der Waals surface area contributed by atoms with Gasteiger partial charge in [-0.1, -0.05) is 11.7 Å². The molecular formula is C14H20N4O2. The molecule has 2 heterocycles. The number of carbonyl (C=O) groups is 1. The molecular weight excluding hydrogens is 256 g/mol. The van der Waals surface area contributed by atoms with E-state index in [1.165, 1.54) is 18.9 Å². The van der Waals surface area contributed by atoms with Crippen molar-refractivity contribution < 1.29 is 9.32 Å². The van der Waals surface area contributed by atoms with Crippen molar-refractivity contribution in [2.45, 2.75) is 31.7 Å². The second kappa shape index (κ2) is 5.75. The molecule has 0 atom stereocenters. The summed E-state index contributed by atoms with van der Waals surface area (Å²) in [7, 11) is 0. The van der Waals surface area contributed by atoms with E-state index >= 15 is 0 Å². The van der Waals surface area contributed by atoms with Crippen molar-refractivity contribution in [3.05, 3.63) is 24.4 Å². The molecule has 1 aliphatic heterocycles. The van der Waals surface area contributed by atoms with E-state index in [0.717, 1.165) is 44.3 Å². The van der Waals surface area contributed by atoms with Gasteiger partial charge < -0.3 is 9.42 Å². The lowest BCUT2D eigenvalue weighted by molar-refractivity contribution is -0.125. The third-order valence-electron chi connectivity index (χ3n) is 3.85. The number of rotatable bonds is 4. The maximum Gasteiger partial charge on any atom is 0.245 e. The van der Waals surface area contributed by atoms with Gasteiger partial charge in [-0.15, -0.1) is 0 Å². The van der Waals surface area contributed by atoms with Gasteiger partial charge in [-0.2, -0.15) is 4.98 Å². The highest BCUT2D eigenvalue weighted by molar-refractivity contribution is 5.86. The molecule has 1 saturated carbocycles. The summed E-state index contributed by atoms with van der Waals surface area (Å²) >= 11 is 0. The Bertz CT molecular complexity index is 495. The zero-order chi connectivity index (χ0) is 13.9. The van der Waals surface area contributed by atoms with E-state index in [9.17, 15) is 4.79 Å². The molecule has 2 aliphatic rings. The lowest BCUT2D eigenvalue weighted by atomic mass is 10.3. The molecule has 1 aromatic rings. The first kappa shape index (κ1) is 13.3. The molecule has 1 saturated heterocycles. The van der Waals surface area contributed by atoms with Crippen LogP contribution in [0.1, 0.15) is 36.9 Å². The lowest BCUT2D eigenvalue weighted by Crippen LogP contribution is -2.34. The molecule has 2 fully saturated rings. The second-order valence-corrected chi connectivity index (χ2v) is 5.48. The van der Waals surface area contributed by atoms with Crippen molar-refractivity contribution in [1.82, 2.24) is 19.9 Å². The quantitative estimate of drug-likeness (QED) is 0.772. The van der Waals surface area contributed by atoms with Gasteiger partial charge in [0.1, 0.15) is 0 Å². The zero-order valence-corrected chi connectivity index (χ0v) is 11.6. The smallest absolute Gasteiger partial charge is 0.245 e. The van der Waals surface area contributed by atoms with Crippen molar-refractivity contribution in [2.75, 3.05) is 26.2 Å². The Morgan fingerprint density at radius 1 is 1.35 bits per heavy atom. The van der Waals surface area contributed by atoms with Gasteiger partial charge >= 0.3 is 0 Å². The Morgan fingerprint density at radius 3 is 2.95 bits per heavy atom. The van der Waals surface area contributed by atoms with Crippen LogP contribution in [0.4, 0.5) is 0 Å². The minimum Gasteiger partial charge on any atom is -0.339 e. The van der Waals surface area contributed by atoms with Gasteiger partial charge in [0.2, 0.25) is 11.8 Å². The molecule has 1 amide bonds. The summed E-state index contributed by atoms with van der Waals surface area (Å²) in [4.78, 5) is 20.2. The zero-order valence-electron chi connectivity index (χ0n) is 11.6. The minimum atomic E-state index is 0.0161. The summed E-state index contributed by atoms with van der Waals surface area (Å²) in [5.41, 5.74) is 0. The van der Waals surface area contributed by atoms with E-state index in [1.54, 1.807) is 0 Å². The molecule has 0 spiro atoms. The van der Waals surface area contributed by atoms with E-state index in [1.807, 2.05) is 4.90 Å². The van der Waals surface area contributed by atoms with E-state index < -0.39 is 0 Å². The van der Waals surface area contributed by atoms with E-state index in [-0.39, 0.29) is 5.91 Å². The SMILES string of the molecule is C=CC(=O)N1CCCN(Cc2noc(C3CC3)n2)CC1. The molecule has 108 valence electrons. The van der Waals surface area contributed by atoms with Crippen LogP contribution in [0.3, 0.4) is 0 Å². The van der Waals surface area contributed by atoms with Crippen LogP contribution < -0.4 is 0 Å². The Balaban J connectivity index is 1.54. The average molecular weight is 276 g/mol. The van der Waals surface area contributed by atoms with Gasteiger partial charge in [0, 0.05) is 32.1 Å². The second-order valence-electron chi connectivity index (χ2n) is 5.48. The molecule has 3 rings (SSSR count). The molecule has 0 aromatic carbocycles. The van der Waals surface area contributed by atoms with Crippen LogP contribution in [-0.4, -0.2) is 52.0 Å². The van der Waals surface area contributed by atoms with Gasteiger partial charge in [0.15, 0.2) is 5.82 Å². The Hall–Kier alpha value is -1.69. The summed E-state index contributed by atoms with van der Waals surface area (Å²) < 4.78 is 5.27. The standard InChI is InChI=1S/C14H20N4O2/c1-2-13(19)18-7-3-6-17(8-9-18)10-12-15-14(20-16-12)11-4-5-11/h2,11H,1,3-10H2. The minimum absolute atomic E-state index is 0.0161. The van der Waals surface area contributed by atoms with Gasteiger partial charge in [-0.25, -0.2) is 0 Å². The van der Waals surface area contributed by atoms with Crippen LogP contribution >= 0.6 is 0 Å². The predicted octanol–water partition coefficient (Wildman–Crippen LogP) is 1.17. The maximum atomic E-state index is 11.6.